The summed E-state index contributed by atoms with van der Waals surface area (Å²) in [6, 6.07) is 11.1. The number of aryl methyl sites for hydroxylation is 2. The molecule has 4 rings (SSSR count). The SMILES string of the molecule is CC(=O)O[C@@]1(CCNCCCc2ccc3c(c2)OCO3)CCc2cc(F)ccc2[C@H]1C(C)C. The first-order chi connectivity index (χ1) is 15.9. The Morgan fingerprint density at radius 1 is 1.18 bits per heavy atom. The molecule has 0 aromatic heterocycles. The predicted molar refractivity (Wildman–Crippen MR) is 125 cm³/mol. The largest absolute Gasteiger partial charge is 0.459 e. The van der Waals surface area contributed by atoms with Crippen molar-refractivity contribution in [1.29, 1.82) is 0 Å². The van der Waals surface area contributed by atoms with Gasteiger partial charge in [0, 0.05) is 19.3 Å². The van der Waals surface area contributed by atoms with Crippen molar-refractivity contribution in [2.75, 3.05) is 19.9 Å². The Kier molecular flexibility index (Phi) is 7.23. The number of hydrogen-bond acceptors (Lipinski definition) is 5. The lowest BCUT2D eigenvalue weighted by atomic mass is 9.65. The lowest BCUT2D eigenvalue weighted by Gasteiger charge is -2.46. The van der Waals surface area contributed by atoms with E-state index < -0.39 is 5.60 Å². The lowest BCUT2D eigenvalue weighted by Crippen LogP contribution is -2.48. The number of halogens is 1. The van der Waals surface area contributed by atoms with Crippen LogP contribution in [0.1, 0.15) is 62.6 Å². The van der Waals surface area contributed by atoms with Gasteiger partial charge in [-0.2, -0.15) is 0 Å². The van der Waals surface area contributed by atoms with E-state index in [1.54, 1.807) is 6.07 Å². The van der Waals surface area contributed by atoms with Crippen LogP contribution >= 0.6 is 0 Å². The van der Waals surface area contributed by atoms with Crippen LogP contribution in [0.5, 0.6) is 11.5 Å². The molecule has 33 heavy (non-hydrogen) atoms. The summed E-state index contributed by atoms with van der Waals surface area (Å²) in [6.45, 7) is 7.71. The number of fused-ring (bicyclic) bond motifs is 2. The van der Waals surface area contributed by atoms with Crippen LogP contribution in [-0.4, -0.2) is 31.5 Å². The van der Waals surface area contributed by atoms with Gasteiger partial charge in [0.1, 0.15) is 11.4 Å². The molecule has 1 aliphatic heterocycles. The molecule has 0 saturated carbocycles. The minimum absolute atomic E-state index is 0.0428. The molecular formula is C27H34FNO4. The first kappa shape index (κ1) is 23.6. The number of carbonyl (C=O) groups excluding carboxylic acids is 1. The van der Waals surface area contributed by atoms with Gasteiger partial charge in [0.2, 0.25) is 6.79 Å². The number of nitrogens with one attached hydrogen (secondary N) is 1. The Hall–Kier alpha value is -2.60. The number of carbonyl (C=O) groups is 1. The highest BCUT2D eigenvalue weighted by molar-refractivity contribution is 5.67. The highest BCUT2D eigenvalue weighted by Gasteiger charge is 2.47. The average molecular weight is 456 g/mol. The summed E-state index contributed by atoms with van der Waals surface area (Å²) < 4.78 is 30.7. The highest BCUT2D eigenvalue weighted by Crippen LogP contribution is 2.48. The summed E-state index contributed by atoms with van der Waals surface area (Å²) >= 11 is 0. The van der Waals surface area contributed by atoms with E-state index in [0.29, 0.717) is 19.6 Å². The topological polar surface area (TPSA) is 56.8 Å². The zero-order chi connectivity index (χ0) is 23.4. The molecule has 0 fully saturated rings. The second kappa shape index (κ2) is 10.1. The van der Waals surface area contributed by atoms with Gasteiger partial charge in [-0.1, -0.05) is 26.0 Å². The Balaban J connectivity index is 1.36. The average Bonchev–Trinajstić information content (AvgIpc) is 3.23. The fourth-order valence-electron chi connectivity index (χ4n) is 5.52. The van der Waals surface area contributed by atoms with Crippen molar-refractivity contribution in [3.8, 4) is 11.5 Å². The molecule has 1 N–H and O–H groups in total. The summed E-state index contributed by atoms with van der Waals surface area (Å²) in [5.74, 6) is 1.47. The zero-order valence-corrected chi connectivity index (χ0v) is 19.8. The molecular weight excluding hydrogens is 421 g/mol. The number of rotatable bonds is 9. The maximum Gasteiger partial charge on any atom is 0.303 e. The van der Waals surface area contributed by atoms with Crippen LogP contribution in [0.25, 0.3) is 0 Å². The highest BCUT2D eigenvalue weighted by atomic mass is 19.1. The molecule has 0 amide bonds. The molecule has 0 bridgehead atoms. The van der Waals surface area contributed by atoms with E-state index in [9.17, 15) is 9.18 Å². The maximum atomic E-state index is 13.8. The zero-order valence-electron chi connectivity index (χ0n) is 19.8. The second-order valence-corrected chi connectivity index (χ2v) is 9.51. The Morgan fingerprint density at radius 2 is 2.00 bits per heavy atom. The number of benzene rings is 2. The molecule has 0 radical (unpaired) electrons. The van der Waals surface area contributed by atoms with Gasteiger partial charge in [-0.15, -0.1) is 0 Å². The van der Waals surface area contributed by atoms with Crippen molar-refractivity contribution >= 4 is 5.97 Å². The third-order valence-electron chi connectivity index (χ3n) is 6.82. The van der Waals surface area contributed by atoms with Crippen LogP contribution in [0.4, 0.5) is 4.39 Å². The van der Waals surface area contributed by atoms with Gasteiger partial charge in [0.25, 0.3) is 0 Å². The summed E-state index contributed by atoms with van der Waals surface area (Å²) in [5, 5.41) is 3.54. The van der Waals surface area contributed by atoms with Crippen molar-refractivity contribution < 1.29 is 23.4 Å². The molecule has 0 spiro atoms. The van der Waals surface area contributed by atoms with E-state index >= 15 is 0 Å². The van der Waals surface area contributed by atoms with E-state index in [1.807, 2.05) is 18.2 Å². The third kappa shape index (κ3) is 5.32. The van der Waals surface area contributed by atoms with Crippen LogP contribution in [-0.2, 0) is 22.4 Å². The smallest absolute Gasteiger partial charge is 0.303 e. The molecule has 0 saturated heterocycles. The number of hydrogen-bond donors (Lipinski definition) is 1. The minimum atomic E-state index is -0.574. The second-order valence-electron chi connectivity index (χ2n) is 9.51. The fraction of sp³-hybridized carbons (Fsp3) is 0.519. The lowest BCUT2D eigenvalue weighted by molar-refractivity contribution is -0.164. The molecule has 1 aliphatic carbocycles. The molecule has 2 aromatic carbocycles. The van der Waals surface area contributed by atoms with Crippen molar-refractivity contribution in [3.63, 3.8) is 0 Å². The Bertz CT molecular complexity index is 992. The van der Waals surface area contributed by atoms with Gasteiger partial charge in [0.05, 0.1) is 0 Å². The van der Waals surface area contributed by atoms with Crippen molar-refractivity contribution in [3.05, 3.63) is 58.9 Å². The van der Waals surface area contributed by atoms with Gasteiger partial charge in [0.15, 0.2) is 11.5 Å². The molecule has 178 valence electrons. The predicted octanol–water partition coefficient (Wildman–Crippen LogP) is 5.15. The van der Waals surface area contributed by atoms with Gasteiger partial charge < -0.3 is 19.5 Å². The van der Waals surface area contributed by atoms with Gasteiger partial charge in [-0.25, -0.2) is 4.39 Å². The Labute approximate surface area is 195 Å². The molecule has 2 aliphatic rings. The summed E-state index contributed by atoms with van der Waals surface area (Å²) in [7, 11) is 0. The number of esters is 1. The van der Waals surface area contributed by atoms with Crippen LogP contribution < -0.4 is 14.8 Å². The molecule has 5 nitrogen and oxygen atoms in total. The van der Waals surface area contributed by atoms with Gasteiger partial charge in [-0.3, -0.25) is 4.79 Å². The monoisotopic (exact) mass is 455 g/mol. The fourth-order valence-corrected chi connectivity index (χ4v) is 5.52. The summed E-state index contributed by atoms with van der Waals surface area (Å²) in [6.07, 6.45) is 4.11. The maximum absolute atomic E-state index is 13.8. The molecule has 0 unspecified atom stereocenters. The van der Waals surface area contributed by atoms with Crippen LogP contribution in [0.3, 0.4) is 0 Å². The van der Waals surface area contributed by atoms with Gasteiger partial charge in [-0.05, 0) is 85.6 Å². The standard InChI is InChI=1S/C27H34FNO4/c1-18(2)26-23-8-7-22(28)16-21(23)10-11-27(26,33-19(3)30)12-14-29-13-4-5-20-6-9-24-25(15-20)32-17-31-24/h6-9,15-16,18,26,29H,4-5,10-14,17H2,1-3H3/t26-,27-/m1/s1. The van der Waals surface area contributed by atoms with Gasteiger partial charge >= 0.3 is 5.97 Å². The van der Waals surface area contributed by atoms with Crippen molar-refractivity contribution in [2.45, 2.75) is 64.4 Å². The van der Waals surface area contributed by atoms with E-state index in [4.69, 9.17) is 14.2 Å². The number of ether oxygens (including phenoxy) is 3. The van der Waals surface area contributed by atoms with E-state index in [1.165, 1.54) is 18.6 Å². The summed E-state index contributed by atoms with van der Waals surface area (Å²) in [4.78, 5) is 12.1. The molecule has 2 aromatic rings. The Morgan fingerprint density at radius 3 is 2.79 bits per heavy atom. The van der Waals surface area contributed by atoms with E-state index in [-0.39, 0.29) is 23.6 Å². The van der Waals surface area contributed by atoms with Crippen molar-refractivity contribution in [2.24, 2.45) is 5.92 Å². The van der Waals surface area contributed by atoms with Crippen molar-refractivity contribution in [1.82, 2.24) is 5.32 Å². The first-order valence-electron chi connectivity index (χ1n) is 11.9. The quantitative estimate of drug-likeness (QED) is 0.418. The molecule has 2 atom stereocenters. The first-order valence-corrected chi connectivity index (χ1v) is 11.9. The molecule has 6 heteroatoms. The van der Waals surface area contributed by atoms with Crippen LogP contribution in [0.15, 0.2) is 36.4 Å². The minimum Gasteiger partial charge on any atom is -0.459 e. The summed E-state index contributed by atoms with van der Waals surface area (Å²) in [5.41, 5.74) is 2.80. The van der Waals surface area contributed by atoms with Crippen LogP contribution in [0, 0.1) is 11.7 Å². The van der Waals surface area contributed by atoms with Crippen LogP contribution in [0.2, 0.25) is 0 Å². The normalized spacial score (nSPS) is 21.2. The van der Waals surface area contributed by atoms with E-state index in [2.05, 4.69) is 25.2 Å². The third-order valence-corrected chi connectivity index (χ3v) is 6.82. The van der Waals surface area contributed by atoms with E-state index in [0.717, 1.165) is 55.0 Å². The molecule has 1 heterocycles.